The van der Waals surface area contributed by atoms with Crippen LogP contribution in [-0.4, -0.2) is 36.9 Å². The molecule has 1 unspecified atom stereocenters. The number of rotatable bonds is 5. The van der Waals surface area contributed by atoms with Crippen LogP contribution in [0.4, 0.5) is 14.6 Å². The van der Waals surface area contributed by atoms with E-state index in [1.54, 1.807) is 11.1 Å². The molecule has 6 rings (SSSR count). The number of aromatic amines is 1. The van der Waals surface area contributed by atoms with Gasteiger partial charge in [-0.3, -0.25) is 9.89 Å². The van der Waals surface area contributed by atoms with Gasteiger partial charge in [0.05, 0.1) is 6.20 Å². The Hall–Kier alpha value is -3.88. The molecule has 3 heterocycles. The van der Waals surface area contributed by atoms with E-state index in [4.69, 9.17) is 4.98 Å². The van der Waals surface area contributed by atoms with E-state index in [9.17, 15) is 13.6 Å². The summed E-state index contributed by atoms with van der Waals surface area (Å²) in [5.74, 6) is -1.85. The number of carbonyl (C=O) groups excluding carboxylic acids is 1. The van der Waals surface area contributed by atoms with Crippen LogP contribution in [0.25, 0.3) is 17.0 Å². The number of halogens is 2. The molecule has 1 aromatic carbocycles. The molecule has 184 valence electrons. The molecule has 2 N–H and O–H groups in total. The van der Waals surface area contributed by atoms with Crippen molar-refractivity contribution >= 4 is 17.3 Å². The smallest absolute Gasteiger partial charge is 0.249 e. The number of aromatic nitrogens is 4. The van der Waals surface area contributed by atoms with E-state index < -0.39 is 11.8 Å². The second-order valence-electron chi connectivity index (χ2n) is 9.94. The first-order valence-corrected chi connectivity index (χ1v) is 12.1. The summed E-state index contributed by atoms with van der Waals surface area (Å²) in [6, 6.07) is 7.77. The number of nitrogens with one attached hydrogen (secondary N) is 2. The van der Waals surface area contributed by atoms with Crippen LogP contribution in [0.15, 0.2) is 60.7 Å². The normalized spacial score (nSPS) is 20.9. The number of anilines is 1. The summed E-state index contributed by atoms with van der Waals surface area (Å²) in [6.45, 7) is 3.06. The molecule has 1 atom stereocenters. The van der Waals surface area contributed by atoms with Crippen LogP contribution in [0.2, 0.25) is 0 Å². The van der Waals surface area contributed by atoms with Gasteiger partial charge in [-0.15, -0.1) is 0 Å². The van der Waals surface area contributed by atoms with E-state index in [0.29, 0.717) is 24.7 Å². The number of allylic oxidation sites excluding steroid dienone is 4. The number of fused-ring (bicyclic) bond motifs is 1. The number of hydrogen-bond donors (Lipinski definition) is 2. The molecule has 2 aliphatic carbocycles. The fourth-order valence-electron chi connectivity index (χ4n) is 5.17. The van der Waals surface area contributed by atoms with Gasteiger partial charge in [-0.2, -0.15) is 5.10 Å². The molecule has 0 bridgehead atoms. The minimum Gasteiger partial charge on any atom is -0.343 e. The fourth-order valence-corrected chi connectivity index (χ4v) is 5.17. The van der Waals surface area contributed by atoms with E-state index in [0.717, 1.165) is 34.4 Å². The highest BCUT2D eigenvalue weighted by Gasteiger charge is 2.50. The van der Waals surface area contributed by atoms with E-state index in [1.807, 2.05) is 36.7 Å². The van der Waals surface area contributed by atoms with Gasteiger partial charge in [-0.1, -0.05) is 25.1 Å². The average Bonchev–Trinajstić information content (AvgIpc) is 3.53. The predicted octanol–water partition coefficient (Wildman–Crippen LogP) is 5.17. The van der Waals surface area contributed by atoms with E-state index in [-0.39, 0.29) is 24.7 Å². The summed E-state index contributed by atoms with van der Waals surface area (Å²) in [7, 11) is 0. The van der Waals surface area contributed by atoms with Crippen LogP contribution in [0, 0.1) is 11.8 Å². The monoisotopic (exact) mass is 488 g/mol. The summed E-state index contributed by atoms with van der Waals surface area (Å²) in [5.41, 5.74) is 6.32. The Labute approximate surface area is 207 Å². The van der Waals surface area contributed by atoms with Gasteiger partial charge < -0.3 is 10.2 Å². The molecule has 3 aliphatic rings. The second kappa shape index (κ2) is 8.65. The molecular weight excluding hydrogens is 462 g/mol. The highest BCUT2D eigenvalue weighted by molar-refractivity contribution is 5.81. The lowest BCUT2D eigenvalue weighted by atomic mass is 9.80. The Balaban J connectivity index is 1.16. The molecule has 0 spiro atoms. The van der Waals surface area contributed by atoms with Gasteiger partial charge in [0.25, 0.3) is 0 Å². The van der Waals surface area contributed by atoms with Crippen molar-refractivity contribution in [3.8, 4) is 11.4 Å². The highest BCUT2D eigenvalue weighted by atomic mass is 19.3. The largest absolute Gasteiger partial charge is 0.343 e. The van der Waals surface area contributed by atoms with Crippen molar-refractivity contribution in [2.45, 2.75) is 45.2 Å². The Morgan fingerprint density at radius 2 is 1.97 bits per heavy atom. The third-order valence-corrected chi connectivity index (χ3v) is 7.26. The second-order valence-corrected chi connectivity index (χ2v) is 9.94. The molecule has 2 aromatic heterocycles. The molecule has 1 aliphatic heterocycles. The van der Waals surface area contributed by atoms with Gasteiger partial charge in [-0.25, -0.2) is 18.7 Å². The Bertz CT molecular complexity index is 1370. The van der Waals surface area contributed by atoms with Crippen molar-refractivity contribution in [1.82, 2.24) is 25.1 Å². The molecule has 7 nitrogen and oxygen atoms in total. The molecular formula is C27H26F2N6O. The first kappa shape index (κ1) is 22.6. The van der Waals surface area contributed by atoms with Gasteiger partial charge in [0.15, 0.2) is 5.82 Å². The maximum absolute atomic E-state index is 13.2. The average molecular weight is 489 g/mol. The lowest BCUT2D eigenvalue weighted by Gasteiger charge is -2.36. The van der Waals surface area contributed by atoms with Crippen molar-refractivity contribution in [3.05, 3.63) is 77.4 Å². The summed E-state index contributed by atoms with van der Waals surface area (Å²) in [5, 5.41) is 10.3. The summed E-state index contributed by atoms with van der Waals surface area (Å²) in [6.07, 6.45) is 9.86. The fraction of sp³-hybridized carbons (Fsp3) is 0.333. The third-order valence-electron chi connectivity index (χ3n) is 7.26. The van der Waals surface area contributed by atoms with Crippen LogP contribution >= 0.6 is 0 Å². The predicted molar refractivity (Wildman–Crippen MR) is 131 cm³/mol. The van der Waals surface area contributed by atoms with E-state index >= 15 is 0 Å². The minimum absolute atomic E-state index is 0.180. The number of carbonyl (C=O) groups is 1. The number of H-pyrrole nitrogens is 1. The zero-order valence-electron chi connectivity index (χ0n) is 19.8. The number of nitrogens with zero attached hydrogens (tertiary/aromatic N) is 4. The Morgan fingerprint density at radius 1 is 1.14 bits per heavy atom. The van der Waals surface area contributed by atoms with Gasteiger partial charge in [0.1, 0.15) is 5.82 Å². The van der Waals surface area contributed by atoms with E-state index in [2.05, 4.69) is 39.6 Å². The zero-order valence-corrected chi connectivity index (χ0v) is 19.8. The molecule has 0 radical (unpaired) electrons. The van der Waals surface area contributed by atoms with Gasteiger partial charge in [0, 0.05) is 67.0 Å². The van der Waals surface area contributed by atoms with Crippen molar-refractivity contribution in [3.63, 3.8) is 0 Å². The van der Waals surface area contributed by atoms with Crippen LogP contribution in [0.1, 0.15) is 42.9 Å². The first-order valence-electron chi connectivity index (χ1n) is 12.1. The lowest BCUT2D eigenvalue weighted by molar-refractivity contribution is -0.160. The maximum atomic E-state index is 13.2. The molecule has 1 amide bonds. The highest BCUT2D eigenvalue weighted by Crippen LogP contribution is 2.44. The van der Waals surface area contributed by atoms with Crippen LogP contribution < -0.4 is 5.32 Å². The van der Waals surface area contributed by atoms with Crippen molar-refractivity contribution in [2.24, 2.45) is 11.8 Å². The van der Waals surface area contributed by atoms with E-state index in [1.165, 1.54) is 5.57 Å². The number of hydrogen-bond acceptors (Lipinski definition) is 5. The van der Waals surface area contributed by atoms with Gasteiger partial charge >= 0.3 is 0 Å². The lowest BCUT2D eigenvalue weighted by Crippen LogP contribution is -2.45. The third kappa shape index (κ3) is 4.29. The Kier molecular flexibility index (Phi) is 5.43. The van der Waals surface area contributed by atoms with Crippen molar-refractivity contribution < 1.29 is 13.6 Å². The van der Waals surface area contributed by atoms with Crippen LogP contribution in [-0.2, 0) is 17.9 Å². The summed E-state index contributed by atoms with van der Waals surface area (Å²) in [4.78, 5) is 23.5. The number of alkyl halides is 2. The molecule has 0 saturated heterocycles. The molecule has 3 aromatic rings. The number of amides is 1. The first-order chi connectivity index (χ1) is 17.3. The standard InChI is InChI=1S/C27H26F2N6O/c1-16-8-17(22-12-31-32-13-22)4-5-23(16)33-24-6-7-30-25(34-24)18-2-3-19-14-35(15-20(19)9-18)26(36)21-10-27(28,29)11-21/h2-7,9,12-13,16,21H,8,10-11,14-15H2,1H3,(H,31,32)(H,30,33,34). The topological polar surface area (TPSA) is 86.8 Å². The summed E-state index contributed by atoms with van der Waals surface area (Å²) < 4.78 is 26.4. The van der Waals surface area contributed by atoms with Gasteiger partial charge in [0.2, 0.25) is 11.8 Å². The molecule has 1 fully saturated rings. The van der Waals surface area contributed by atoms with Crippen LogP contribution in [0.5, 0.6) is 0 Å². The zero-order chi connectivity index (χ0) is 24.9. The summed E-state index contributed by atoms with van der Waals surface area (Å²) >= 11 is 0. The molecule has 9 heteroatoms. The maximum Gasteiger partial charge on any atom is 0.249 e. The SMILES string of the molecule is CC1CC(c2cn[nH]c2)=CC=C1Nc1ccnc(-c2ccc3c(c2)CN(C(=O)C2CC(F)(F)C2)C3)n1. The Morgan fingerprint density at radius 3 is 2.72 bits per heavy atom. The van der Waals surface area contributed by atoms with Gasteiger partial charge in [-0.05, 0) is 41.3 Å². The minimum atomic E-state index is -2.69. The van der Waals surface area contributed by atoms with Crippen LogP contribution in [0.3, 0.4) is 0 Å². The number of benzene rings is 1. The molecule has 36 heavy (non-hydrogen) atoms. The quantitative estimate of drug-likeness (QED) is 0.517. The van der Waals surface area contributed by atoms with Crippen molar-refractivity contribution in [2.75, 3.05) is 5.32 Å². The van der Waals surface area contributed by atoms with Crippen molar-refractivity contribution in [1.29, 1.82) is 0 Å². The molecule has 1 saturated carbocycles.